The summed E-state index contributed by atoms with van der Waals surface area (Å²) in [5, 5.41) is 0. The highest BCUT2D eigenvalue weighted by Gasteiger charge is 2.47. The first-order chi connectivity index (χ1) is 11.1. The van der Waals surface area contributed by atoms with Crippen molar-refractivity contribution in [2.24, 2.45) is 11.8 Å². The maximum absolute atomic E-state index is 12.6. The lowest BCUT2D eigenvalue weighted by atomic mass is 9.85. The zero-order valence-corrected chi connectivity index (χ0v) is 12.9. The summed E-state index contributed by atoms with van der Waals surface area (Å²) in [5.74, 6) is -0.528. The number of hydrogen-bond donors (Lipinski definition) is 0. The Hall–Kier alpha value is -2.56. The number of para-hydroxylation sites is 2. The number of imide groups is 1. The molecular weight excluding hydrogens is 290 g/mol. The number of fused-ring (bicyclic) bond motifs is 2. The van der Waals surface area contributed by atoms with Crippen LogP contribution in [0.3, 0.4) is 0 Å². The molecule has 1 aromatic heterocycles. The number of carbonyl (C=O) groups excluding carboxylic acids is 2. The predicted octanol–water partition coefficient (Wildman–Crippen LogP) is 2.39. The fraction of sp³-hybridized carbons (Fsp3) is 0.333. The highest BCUT2D eigenvalue weighted by molar-refractivity contribution is 6.05. The van der Waals surface area contributed by atoms with Gasteiger partial charge in [0, 0.05) is 0 Å². The summed E-state index contributed by atoms with van der Waals surface area (Å²) in [7, 11) is 0. The SMILES string of the molecule is Cc1nc2ccccc2nc1CN1C(=O)[C@H]2CC=CC[C@H]2C1=O. The van der Waals surface area contributed by atoms with Crippen molar-refractivity contribution in [2.45, 2.75) is 26.3 Å². The van der Waals surface area contributed by atoms with E-state index in [1.807, 2.05) is 43.3 Å². The molecule has 0 bridgehead atoms. The van der Waals surface area contributed by atoms with Crippen molar-refractivity contribution in [3.05, 3.63) is 47.8 Å². The molecule has 0 saturated carbocycles. The van der Waals surface area contributed by atoms with E-state index in [0.29, 0.717) is 18.5 Å². The molecule has 23 heavy (non-hydrogen) atoms. The Morgan fingerprint density at radius 1 is 1.00 bits per heavy atom. The van der Waals surface area contributed by atoms with Gasteiger partial charge in [-0.3, -0.25) is 14.5 Å². The summed E-state index contributed by atoms with van der Waals surface area (Å²) in [6.45, 7) is 2.09. The lowest BCUT2D eigenvalue weighted by Crippen LogP contribution is -2.31. The summed E-state index contributed by atoms with van der Waals surface area (Å²) in [6.07, 6.45) is 5.32. The molecule has 1 saturated heterocycles. The van der Waals surface area contributed by atoms with E-state index in [1.165, 1.54) is 4.90 Å². The maximum atomic E-state index is 12.6. The average molecular weight is 307 g/mol. The van der Waals surface area contributed by atoms with Crippen LogP contribution in [0.2, 0.25) is 0 Å². The fourth-order valence-electron chi connectivity index (χ4n) is 3.45. The van der Waals surface area contributed by atoms with Gasteiger partial charge in [0.2, 0.25) is 11.8 Å². The standard InChI is InChI=1S/C18H17N3O2/c1-11-16(20-15-9-5-4-8-14(15)19-11)10-21-17(22)12-6-2-3-7-13(12)18(21)23/h2-5,8-9,12-13H,6-7,10H2,1H3/t12-,13+. The van der Waals surface area contributed by atoms with Gasteiger partial charge in [0.05, 0.1) is 40.8 Å². The molecule has 4 rings (SSSR count). The fourth-order valence-corrected chi connectivity index (χ4v) is 3.45. The largest absolute Gasteiger partial charge is 0.276 e. The van der Waals surface area contributed by atoms with Gasteiger partial charge in [0.25, 0.3) is 0 Å². The Labute approximate surface area is 134 Å². The highest BCUT2D eigenvalue weighted by atomic mass is 16.2. The van der Waals surface area contributed by atoms with Crippen LogP contribution in [0.25, 0.3) is 11.0 Å². The molecule has 2 amide bonds. The van der Waals surface area contributed by atoms with Crippen molar-refractivity contribution in [3.8, 4) is 0 Å². The minimum atomic E-state index is -0.193. The maximum Gasteiger partial charge on any atom is 0.233 e. The first kappa shape index (κ1) is 14.1. The van der Waals surface area contributed by atoms with Gasteiger partial charge in [-0.05, 0) is 31.9 Å². The molecule has 1 aliphatic heterocycles. The van der Waals surface area contributed by atoms with Crippen LogP contribution in [0.4, 0.5) is 0 Å². The number of hydrogen-bond acceptors (Lipinski definition) is 4. The third-order valence-corrected chi connectivity index (χ3v) is 4.75. The van der Waals surface area contributed by atoms with Crippen molar-refractivity contribution in [2.75, 3.05) is 0 Å². The smallest absolute Gasteiger partial charge is 0.233 e. The number of rotatable bonds is 2. The summed E-state index contributed by atoms with van der Waals surface area (Å²) in [5.41, 5.74) is 3.06. The van der Waals surface area contributed by atoms with Gasteiger partial charge in [-0.25, -0.2) is 9.97 Å². The molecule has 1 fully saturated rings. The molecular formula is C18H17N3O2. The van der Waals surface area contributed by atoms with Crippen LogP contribution >= 0.6 is 0 Å². The molecule has 0 N–H and O–H groups in total. The van der Waals surface area contributed by atoms with Crippen molar-refractivity contribution in [3.63, 3.8) is 0 Å². The van der Waals surface area contributed by atoms with Crippen molar-refractivity contribution in [1.82, 2.24) is 14.9 Å². The molecule has 1 aromatic carbocycles. The Morgan fingerprint density at radius 2 is 1.57 bits per heavy atom. The molecule has 0 spiro atoms. The number of benzene rings is 1. The number of allylic oxidation sites excluding steroid dienone is 2. The van der Waals surface area contributed by atoms with Crippen LogP contribution in [0.15, 0.2) is 36.4 Å². The molecule has 2 atom stereocenters. The Bertz CT molecular complexity index is 817. The quantitative estimate of drug-likeness (QED) is 0.631. The highest BCUT2D eigenvalue weighted by Crippen LogP contribution is 2.35. The first-order valence-corrected chi connectivity index (χ1v) is 7.87. The Balaban J connectivity index is 1.67. The molecule has 0 radical (unpaired) electrons. The van der Waals surface area contributed by atoms with E-state index in [2.05, 4.69) is 9.97 Å². The third kappa shape index (κ3) is 2.23. The number of likely N-dealkylation sites (tertiary alicyclic amines) is 1. The van der Waals surface area contributed by atoms with Crippen LogP contribution in [0.5, 0.6) is 0 Å². The lowest BCUT2D eigenvalue weighted by molar-refractivity contribution is -0.140. The molecule has 116 valence electrons. The second-order valence-corrected chi connectivity index (χ2v) is 6.16. The Kier molecular flexibility index (Phi) is 3.22. The van der Waals surface area contributed by atoms with E-state index in [9.17, 15) is 9.59 Å². The van der Waals surface area contributed by atoms with Gasteiger partial charge in [0.1, 0.15) is 0 Å². The van der Waals surface area contributed by atoms with E-state index in [-0.39, 0.29) is 30.2 Å². The molecule has 5 nitrogen and oxygen atoms in total. The number of amides is 2. The van der Waals surface area contributed by atoms with Gasteiger partial charge in [-0.15, -0.1) is 0 Å². The van der Waals surface area contributed by atoms with Gasteiger partial charge < -0.3 is 0 Å². The van der Waals surface area contributed by atoms with Crippen LogP contribution in [0, 0.1) is 18.8 Å². The summed E-state index contributed by atoms with van der Waals surface area (Å²) < 4.78 is 0. The topological polar surface area (TPSA) is 63.2 Å². The number of nitrogens with zero attached hydrogens (tertiary/aromatic N) is 3. The molecule has 5 heteroatoms. The van der Waals surface area contributed by atoms with Crippen LogP contribution in [-0.2, 0) is 16.1 Å². The minimum absolute atomic E-state index is 0.0706. The van der Waals surface area contributed by atoms with Gasteiger partial charge in [0.15, 0.2) is 0 Å². The predicted molar refractivity (Wildman–Crippen MR) is 85.2 cm³/mol. The summed E-state index contributed by atoms with van der Waals surface area (Å²) in [6, 6.07) is 7.62. The van der Waals surface area contributed by atoms with Crippen LogP contribution in [0.1, 0.15) is 24.2 Å². The normalized spacial score (nSPS) is 23.6. The summed E-state index contributed by atoms with van der Waals surface area (Å²) >= 11 is 0. The van der Waals surface area contributed by atoms with E-state index < -0.39 is 0 Å². The minimum Gasteiger partial charge on any atom is -0.276 e. The molecule has 0 unspecified atom stereocenters. The molecule has 1 aliphatic carbocycles. The Morgan fingerprint density at radius 3 is 2.17 bits per heavy atom. The van der Waals surface area contributed by atoms with Crippen molar-refractivity contribution < 1.29 is 9.59 Å². The van der Waals surface area contributed by atoms with E-state index in [4.69, 9.17) is 0 Å². The number of aryl methyl sites for hydroxylation is 1. The average Bonchev–Trinajstić information content (AvgIpc) is 2.81. The zero-order chi connectivity index (χ0) is 16.0. The number of carbonyl (C=O) groups is 2. The van der Waals surface area contributed by atoms with Crippen LogP contribution < -0.4 is 0 Å². The second-order valence-electron chi connectivity index (χ2n) is 6.16. The molecule has 2 aromatic rings. The summed E-state index contributed by atoms with van der Waals surface area (Å²) in [4.78, 5) is 35.6. The van der Waals surface area contributed by atoms with E-state index in [0.717, 1.165) is 16.7 Å². The van der Waals surface area contributed by atoms with Gasteiger partial charge in [-0.2, -0.15) is 0 Å². The van der Waals surface area contributed by atoms with E-state index in [1.54, 1.807) is 0 Å². The lowest BCUT2D eigenvalue weighted by Gasteiger charge is -2.15. The molecule has 2 aliphatic rings. The number of aromatic nitrogens is 2. The monoisotopic (exact) mass is 307 g/mol. The second kappa shape index (κ2) is 5.26. The molecule has 2 heterocycles. The van der Waals surface area contributed by atoms with Crippen molar-refractivity contribution >= 4 is 22.8 Å². The zero-order valence-electron chi connectivity index (χ0n) is 12.9. The van der Waals surface area contributed by atoms with Gasteiger partial charge in [-0.1, -0.05) is 24.3 Å². The van der Waals surface area contributed by atoms with E-state index >= 15 is 0 Å². The van der Waals surface area contributed by atoms with Crippen molar-refractivity contribution in [1.29, 1.82) is 0 Å². The first-order valence-electron chi connectivity index (χ1n) is 7.87. The van der Waals surface area contributed by atoms with Gasteiger partial charge >= 0.3 is 0 Å². The third-order valence-electron chi connectivity index (χ3n) is 4.75. The van der Waals surface area contributed by atoms with Crippen LogP contribution in [-0.4, -0.2) is 26.7 Å².